The van der Waals surface area contributed by atoms with Crippen LogP contribution in [0.5, 0.6) is 0 Å². The molecule has 0 radical (unpaired) electrons. The van der Waals surface area contributed by atoms with Crippen molar-refractivity contribution in [1.82, 2.24) is 4.31 Å². The Bertz CT molecular complexity index is 653. The smallest absolute Gasteiger partial charge is 0.309 e. The molecule has 1 aliphatic heterocycles. The Morgan fingerprint density at radius 3 is 2.52 bits per heavy atom. The van der Waals surface area contributed by atoms with Gasteiger partial charge in [0.2, 0.25) is 10.0 Å². The maximum absolute atomic E-state index is 12.6. The Balaban J connectivity index is 1.76. The highest BCUT2D eigenvalue weighted by atomic mass is 32.2. The van der Waals surface area contributed by atoms with E-state index >= 15 is 0 Å². The monoisotopic (exact) mass is 309 g/mol. The van der Waals surface area contributed by atoms with Crippen LogP contribution in [0.1, 0.15) is 12.0 Å². The molecule has 3 atom stereocenters. The predicted molar refractivity (Wildman–Crippen MR) is 77.0 cm³/mol. The molecule has 1 aromatic rings. The zero-order valence-electron chi connectivity index (χ0n) is 12.2. The van der Waals surface area contributed by atoms with Crippen LogP contribution < -0.4 is 0 Å². The van der Waals surface area contributed by atoms with Gasteiger partial charge >= 0.3 is 5.97 Å². The van der Waals surface area contributed by atoms with Crippen LogP contribution >= 0.6 is 0 Å². The van der Waals surface area contributed by atoms with Gasteiger partial charge in [0.05, 0.1) is 17.9 Å². The standard InChI is InChI=1S/C15H19NO4S/c1-10-3-5-11(6-4-10)21(18,19)16-8-7-12-13(9-16)14(12)15(17)20-2/h3-6,12-14H,7-9H2,1-2H3/t12-,13+,14+/m0/s1. The third-order valence-electron chi connectivity index (χ3n) is 4.59. The number of rotatable bonds is 3. The second-order valence-corrected chi connectivity index (χ2v) is 7.78. The first-order valence-electron chi connectivity index (χ1n) is 7.10. The number of methoxy groups -OCH3 is 1. The summed E-state index contributed by atoms with van der Waals surface area (Å²) in [7, 11) is -2.08. The van der Waals surface area contributed by atoms with Crippen molar-refractivity contribution in [2.75, 3.05) is 20.2 Å². The lowest BCUT2D eigenvalue weighted by molar-refractivity contribution is -0.142. The fourth-order valence-electron chi connectivity index (χ4n) is 3.27. The lowest BCUT2D eigenvalue weighted by atomic mass is 10.2. The summed E-state index contributed by atoms with van der Waals surface area (Å²) in [6, 6.07) is 6.88. The van der Waals surface area contributed by atoms with Crippen LogP contribution in [0.15, 0.2) is 29.2 Å². The molecule has 0 unspecified atom stereocenters. The molecule has 0 bridgehead atoms. The molecule has 1 aromatic carbocycles. The Morgan fingerprint density at radius 1 is 1.24 bits per heavy atom. The number of piperidine rings is 1. The van der Waals surface area contributed by atoms with Crippen molar-refractivity contribution in [1.29, 1.82) is 0 Å². The number of fused-ring (bicyclic) bond motifs is 1. The van der Waals surface area contributed by atoms with Gasteiger partial charge in [-0.3, -0.25) is 4.79 Å². The number of benzene rings is 1. The molecule has 2 aliphatic rings. The largest absolute Gasteiger partial charge is 0.469 e. The molecule has 1 saturated carbocycles. The molecule has 3 rings (SSSR count). The number of nitrogens with zero attached hydrogens (tertiary/aromatic N) is 1. The molecule has 0 N–H and O–H groups in total. The van der Waals surface area contributed by atoms with Gasteiger partial charge in [0.15, 0.2) is 0 Å². The maximum atomic E-state index is 12.6. The highest BCUT2D eigenvalue weighted by Crippen LogP contribution is 2.52. The number of ether oxygens (including phenoxy) is 1. The number of hydrogen-bond acceptors (Lipinski definition) is 4. The van der Waals surface area contributed by atoms with Crippen LogP contribution in [0.2, 0.25) is 0 Å². The summed E-state index contributed by atoms with van der Waals surface area (Å²) in [5.41, 5.74) is 1.03. The first kappa shape index (κ1) is 14.5. The van der Waals surface area contributed by atoms with Gasteiger partial charge in [-0.1, -0.05) is 17.7 Å². The second-order valence-electron chi connectivity index (χ2n) is 5.84. The number of esters is 1. The molecule has 1 aliphatic carbocycles. The lowest BCUT2D eigenvalue weighted by Crippen LogP contribution is -2.36. The number of carbonyl (C=O) groups excluding carboxylic acids is 1. The normalized spacial score (nSPS) is 28.8. The summed E-state index contributed by atoms with van der Waals surface area (Å²) < 4.78 is 31.5. The lowest BCUT2D eigenvalue weighted by Gasteiger charge is -2.25. The Morgan fingerprint density at radius 2 is 1.90 bits per heavy atom. The number of aryl methyl sites for hydroxylation is 1. The number of sulfonamides is 1. The molecule has 5 nitrogen and oxygen atoms in total. The van der Waals surface area contributed by atoms with Gasteiger partial charge in [0.25, 0.3) is 0 Å². The van der Waals surface area contributed by atoms with Crippen molar-refractivity contribution in [3.63, 3.8) is 0 Å². The highest BCUT2D eigenvalue weighted by molar-refractivity contribution is 7.89. The third-order valence-corrected chi connectivity index (χ3v) is 6.47. The van der Waals surface area contributed by atoms with Gasteiger partial charge < -0.3 is 4.74 Å². The summed E-state index contributed by atoms with van der Waals surface area (Å²) in [5.74, 6) is 0.0844. The molecule has 6 heteroatoms. The van der Waals surface area contributed by atoms with Crippen molar-refractivity contribution in [2.45, 2.75) is 18.2 Å². The van der Waals surface area contributed by atoms with E-state index in [1.54, 1.807) is 24.3 Å². The van der Waals surface area contributed by atoms with E-state index in [-0.39, 0.29) is 17.8 Å². The van der Waals surface area contributed by atoms with Crippen LogP contribution in [0.25, 0.3) is 0 Å². The topological polar surface area (TPSA) is 63.7 Å². The van der Waals surface area contributed by atoms with E-state index in [0.29, 0.717) is 23.9 Å². The summed E-state index contributed by atoms with van der Waals surface area (Å²) >= 11 is 0. The molecule has 0 spiro atoms. The van der Waals surface area contributed by atoms with Gasteiger partial charge in [0, 0.05) is 13.1 Å². The molecule has 114 valence electrons. The molecule has 0 aromatic heterocycles. The summed E-state index contributed by atoms with van der Waals surface area (Å²) in [6.45, 7) is 2.82. The zero-order valence-corrected chi connectivity index (χ0v) is 13.0. The van der Waals surface area contributed by atoms with Crippen molar-refractivity contribution in [3.8, 4) is 0 Å². The predicted octanol–water partition coefficient (Wildman–Crippen LogP) is 1.42. The molecular formula is C15H19NO4S. The van der Waals surface area contributed by atoms with Gasteiger partial charge in [-0.05, 0) is 37.3 Å². The van der Waals surface area contributed by atoms with Crippen molar-refractivity contribution in [2.24, 2.45) is 17.8 Å². The summed E-state index contributed by atoms with van der Waals surface area (Å²) in [4.78, 5) is 11.9. The van der Waals surface area contributed by atoms with Gasteiger partial charge in [0.1, 0.15) is 0 Å². The van der Waals surface area contributed by atoms with Gasteiger partial charge in [-0.2, -0.15) is 4.31 Å². The summed E-state index contributed by atoms with van der Waals surface area (Å²) in [6.07, 6.45) is 0.732. The van der Waals surface area contributed by atoms with E-state index in [0.717, 1.165) is 12.0 Å². The highest BCUT2D eigenvalue weighted by Gasteiger charge is 2.58. The van der Waals surface area contributed by atoms with Crippen molar-refractivity contribution in [3.05, 3.63) is 29.8 Å². The quantitative estimate of drug-likeness (QED) is 0.792. The average Bonchev–Trinajstić information content (AvgIpc) is 3.20. The molecule has 1 saturated heterocycles. The van der Waals surface area contributed by atoms with Crippen molar-refractivity contribution < 1.29 is 17.9 Å². The Labute approximate surface area is 124 Å². The first-order chi connectivity index (χ1) is 9.95. The second kappa shape index (κ2) is 5.10. The Kier molecular flexibility index (Phi) is 3.53. The van der Waals surface area contributed by atoms with Crippen LogP contribution in [-0.2, 0) is 19.6 Å². The van der Waals surface area contributed by atoms with E-state index in [4.69, 9.17) is 4.74 Å². The number of carbonyl (C=O) groups is 1. The van der Waals surface area contributed by atoms with Crippen LogP contribution in [0.3, 0.4) is 0 Å². The average molecular weight is 309 g/mol. The van der Waals surface area contributed by atoms with E-state index in [9.17, 15) is 13.2 Å². The third kappa shape index (κ3) is 2.46. The maximum Gasteiger partial charge on any atom is 0.309 e. The van der Waals surface area contributed by atoms with Gasteiger partial charge in [-0.15, -0.1) is 0 Å². The minimum absolute atomic E-state index is 0.117. The van der Waals surface area contributed by atoms with Crippen LogP contribution in [0.4, 0.5) is 0 Å². The Hall–Kier alpha value is -1.40. The number of hydrogen-bond donors (Lipinski definition) is 0. The zero-order chi connectivity index (χ0) is 15.2. The van der Waals surface area contributed by atoms with E-state index in [1.807, 2.05) is 6.92 Å². The molecular weight excluding hydrogens is 290 g/mol. The van der Waals surface area contributed by atoms with Crippen LogP contribution in [-0.4, -0.2) is 38.9 Å². The molecule has 0 amide bonds. The SMILES string of the molecule is COC(=O)[C@H]1[C@@H]2CN(S(=O)(=O)c3ccc(C)cc3)CC[C@@H]21. The minimum atomic E-state index is -3.46. The molecule has 21 heavy (non-hydrogen) atoms. The molecule has 2 fully saturated rings. The van der Waals surface area contributed by atoms with E-state index in [1.165, 1.54) is 11.4 Å². The minimum Gasteiger partial charge on any atom is -0.469 e. The molecule has 1 heterocycles. The van der Waals surface area contributed by atoms with E-state index in [2.05, 4.69) is 0 Å². The summed E-state index contributed by atoms with van der Waals surface area (Å²) in [5, 5.41) is 0. The van der Waals surface area contributed by atoms with Crippen LogP contribution in [0, 0.1) is 24.7 Å². The van der Waals surface area contributed by atoms with E-state index < -0.39 is 10.0 Å². The van der Waals surface area contributed by atoms with Crippen molar-refractivity contribution >= 4 is 16.0 Å². The fraction of sp³-hybridized carbons (Fsp3) is 0.533. The van der Waals surface area contributed by atoms with Gasteiger partial charge in [-0.25, -0.2) is 8.42 Å². The fourth-order valence-corrected chi connectivity index (χ4v) is 4.76. The first-order valence-corrected chi connectivity index (χ1v) is 8.54.